The summed E-state index contributed by atoms with van der Waals surface area (Å²) in [5, 5.41) is 7.25. The maximum absolute atomic E-state index is 6.39. The first-order valence-electron chi connectivity index (χ1n) is 9.21. The van der Waals surface area contributed by atoms with E-state index in [1.807, 2.05) is 54.6 Å². The van der Waals surface area contributed by atoms with Crippen LogP contribution < -0.4 is 16.4 Å². The van der Waals surface area contributed by atoms with Crippen molar-refractivity contribution in [2.45, 2.75) is 6.04 Å². The molecule has 29 heavy (non-hydrogen) atoms. The molecule has 4 aromatic rings. The van der Waals surface area contributed by atoms with Gasteiger partial charge >= 0.3 is 0 Å². The van der Waals surface area contributed by atoms with Gasteiger partial charge in [0.15, 0.2) is 11.6 Å². The Kier molecular flexibility index (Phi) is 5.59. The SMILES string of the molecule is Nc1c(Nc2ccccc2Cl)ncnc1NC(c1ccccc1)c1ccccc1. The van der Waals surface area contributed by atoms with Gasteiger partial charge in [0.2, 0.25) is 0 Å². The number of para-hydroxylation sites is 1. The van der Waals surface area contributed by atoms with E-state index < -0.39 is 0 Å². The Hall–Kier alpha value is -3.57. The molecule has 6 heteroatoms. The normalized spacial score (nSPS) is 10.7. The van der Waals surface area contributed by atoms with Crippen LogP contribution in [-0.2, 0) is 0 Å². The zero-order valence-electron chi connectivity index (χ0n) is 15.6. The molecule has 144 valence electrons. The molecule has 0 saturated heterocycles. The van der Waals surface area contributed by atoms with Crippen LogP contribution in [0.4, 0.5) is 23.0 Å². The highest BCUT2D eigenvalue weighted by Gasteiger charge is 2.17. The van der Waals surface area contributed by atoms with E-state index in [-0.39, 0.29) is 6.04 Å². The number of aromatic nitrogens is 2. The van der Waals surface area contributed by atoms with Gasteiger partial charge in [0.05, 0.1) is 16.8 Å². The van der Waals surface area contributed by atoms with E-state index in [4.69, 9.17) is 17.3 Å². The molecule has 0 amide bonds. The summed E-state index contributed by atoms with van der Waals surface area (Å²) in [5.74, 6) is 1.04. The minimum atomic E-state index is -0.109. The molecule has 4 rings (SSSR count). The highest BCUT2D eigenvalue weighted by Crippen LogP contribution is 2.33. The summed E-state index contributed by atoms with van der Waals surface area (Å²) < 4.78 is 0. The zero-order valence-corrected chi connectivity index (χ0v) is 16.3. The minimum absolute atomic E-state index is 0.109. The van der Waals surface area contributed by atoms with Gasteiger partial charge in [-0.05, 0) is 23.3 Å². The third-order valence-corrected chi connectivity index (χ3v) is 4.89. The number of halogens is 1. The fourth-order valence-electron chi connectivity index (χ4n) is 3.09. The van der Waals surface area contributed by atoms with Crippen molar-refractivity contribution in [3.8, 4) is 0 Å². The van der Waals surface area contributed by atoms with E-state index in [2.05, 4.69) is 44.9 Å². The number of rotatable bonds is 6. The molecule has 0 aliphatic carbocycles. The lowest BCUT2D eigenvalue weighted by Crippen LogP contribution is -2.15. The fourth-order valence-corrected chi connectivity index (χ4v) is 3.27. The van der Waals surface area contributed by atoms with E-state index in [9.17, 15) is 0 Å². The summed E-state index contributed by atoms with van der Waals surface area (Å²) in [4.78, 5) is 8.66. The highest BCUT2D eigenvalue weighted by molar-refractivity contribution is 6.33. The van der Waals surface area contributed by atoms with Gasteiger partial charge in [0, 0.05) is 0 Å². The third-order valence-electron chi connectivity index (χ3n) is 4.56. The van der Waals surface area contributed by atoms with Crippen molar-refractivity contribution in [1.82, 2.24) is 9.97 Å². The highest BCUT2D eigenvalue weighted by atomic mass is 35.5. The van der Waals surface area contributed by atoms with Gasteiger partial charge in [-0.2, -0.15) is 0 Å². The minimum Gasteiger partial charge on any atom is -0.393 e. The Labute approximate surface area is 174 Å². The second-order valence-electron chi connectivity index (χ2n) is 6.49. The number of anilines is 4. The Morgan fingerprint density at radius 3 is 1.90 bits per heavy atom. The van der Waals surface area contributed by atoms with Gasteiger partial charge < -0.3 is 16.4 Å². The second kappa shape index (κ2) is 8.63. The number of hydrogen-bond acceptors (Lipinski definition) is 5. The van der Waals surface area contributed by atoms with E-state index in [0.29, 0.717) is 22.3 Å². The van der Waals surface area contributed by atoms with Crippen molar-refractivity contribution >= 4 is 34.6 Å². The molecule has 0 unspecified atom stereocenters. The number of nitrogens with two attached hydrogens (primary N) is 1. The molecule has 0 aliphatic rings. The van der Waals surface area contributed by atoms with Crippen LogP contribution >= 0.6 is 11.6 Å². The lowest BCUT2D eigenvalue weighted by atomic mass is 9.99. The predicted octanol–water partition coefficient (Wildman–Crippen LogP) is 5.66. The van der Waals surface area contributed by atoms with E-state index in [1.165, 1.54) is 6.33 Å². The number of hydrogen-bond donors (Lipinski definition) is 3. The lowest BCUT2D eigenvalue weighted by Gasteiger charge is -2.22. The van der Waals surface area contributed by atoms with Gasteiger partial charge in [-0.15, -0.1) is 0 Å². The molecule has 5 nitrogen and oxygen atoms in total. The summed E-state index contributed by atoms with van der Waals surface area (Å²) in [6, 6.07) is 27.7. The molecule has 0 bridgehead atoms. The standard InChI is InChI=1S/C23H20ClN5/c24-18-13-7-8-14-19(18)28-22-20(25)23(27-15-26-22)29-21(16-9-3-1-4-10-16)17-11-5-2-6-12-17/h1-15,21H,25H2,(H2,26,27,28,29). The number of benzene rings is 3. The average molecular weight is 402 g/mol. The second-order valence-corrected chi connectivity index (χ2v) is 6.90. The Bertz CT molecular complexity index is 1050. The quantitative estimate of drug-likeness (QED) is 0.388. The number of nitrogen functional groups attached to an aromatic ring is 1. The molecule has 1 heterocycles. The number of nitrogens with zero attached hydrogens (tertiary/aromatic N) is 2. The first-order valence-corrected chi connectivity index (χ1v) is 9.58. The molecule has 0 radical (unpaired) electrons. The first-order chi connectivity index (χ1) is 14.2. The molecule has 0 saturated carbocycles. The monoisotopic (exact) mass is 401 g/mol. The fraction of sp³-hybridized carbons (Fsp3) is 0.0435. The predicted molar refractivity (Wildman–Crippen MR) is 120 cm³/mol. The van der Waals surface area contributed by atoms with Crippen LogP contribution in [0, 0.1) is 0 Å². The Morgan fingerprint density at radius 1 is 0.724 bits per heavy atom. The topological polar surface area (TPSA) is 75.9 Å². The molecule has 0 spiro atoms. The van der Waals surface area contributed by atoms with E-state index in [1.54, 1.807) is 6.07 Å². The lowest BCUT2D eigenvalue weighted by molar-refractivity contribution is 0.924. The molecular formula is C23H20ClN5. The maximum atomic E-state index is 6.39. The molecule has 0 aliphatic heterocycles. The maximum Gasteiger partial charge on any atom is 0.159 e. The molecule has 3 aromatic carbocycles. The van der Waals surface area contributed by atoms with Crippen LogP contribution in [0.5, 0.6) is 0 Å². The van der Waals surface area contributed by atoms with Crippen molar-refractivity contribution in [2.24, 2.45) is 0 Å². The smallest absolute Gasteiger partial charge is 0.159 e. The van der Waals surface area contributed by atoms with Gasteiger partial charge in [-0.3, -0.25) is 0 Å². The molecular weight excluding hydrogens is 382 g/mol. The molecule has 0 atom stereocenters. The van der Waals surface area contributed by atoms with E-state index >= 15 is 0 Å². The number of nitrogens with one attached hydrogen (secondary N) is 2. The van der Waals surface area contributed by atoms with Crippen LogP contribution in [0.15, 0.2) is 91.3 Å². The van der Waals surface area contributed by atoms with Gasteiger partial charge in [-0.25, -0.2) is 9.97 Å². The van der Waals surface area contributed by atoms with E-state index in [0.717, 1.165) is 16.8 Å². The third kappa shape index (κ3) is 4.31. The Balaban J connectivity index is 1.67. The summed E-state index contributed by atoms with van der Waals surface area (Å²) in [5.41, 5.74) is 9.76. The summed E-state index contributed by atoms with van der Waals surface area (Å²) in [6.45, 7) is 0. The zero-order chi connectivity index (χ0) is 20.1. The van der Waals surface area contributed by atoms with Crippen molar-refractivity contribution in [3.05, 3.63) is 107 Å². The van der Waals surface area contributed by atoms with Crippen LogP contribution in [0.3, 0.4) is 0 Å². The van der Waals surface area contributed by atoms with Gasteiger partial charge in [0.25, 0.3) is 0 Å². The Morgan fingerprint density at radius 2 is 1.28 bits per heavy atom. The summed E-state index contributed by atoms with van der Waals surface area (Å²) in [6.07, 6.45) is 1.48. The largest absolute Gasteiger partial charge is 0.393 e. The van der Waals surface area contributed by atoms with Crippen LogP contribution in [0.1, 0.15) is 17.2 Å². The van der Waals surface area contributed by atoms with Crippen molar-refractivity contribution in [1.29, 1.82) is 0 Å². The van der Waals surface area contributed by atoms with Gasteiger partial charge in [-0.1, -0.05) is 84.4 Å². The van der Waals surface area contributed by atoms with Crippen LogP contribution in [-0.4, -0.2) is 9.97 Å². The van der Waals surface area contributed by atoms with Crippen LogP contribution in [0.2, 0.25) is 5.02 Å². The van der Waals surface area contributed by atoms with Crippen molar-refractivity contribution < 1.29 is 0 Å². The molecule has 1 aromatic heterocycles. The molecule has 0 fully saturated rings. The summed E-state index contributed by atoms with van der Waals surface area (Å²) >= 11 is 6.25. The van der Waals surface area contributed by atoms with Crippen molar-refractivity contribution in [3.63, 3.8) is 0 Å². The van der Waals surface area contributed by atoms with Crippen LogP contribution in [0.25, 0.3) is 0 Å². The summed E-state index contributed by atoms with van der Waals surface area (Å²) in [7, 11) is 0. The molecule has 4 N–H and O–H groups in total. The first kappa shape index (κ1) is 18.8. The average Bonchev–Trinajstić information content (AvgIpc) is 2.77. The van der Waals surface area contributed by atoms with Crippen molar-refractivity contribution in [2.75, 3.05) is 16.4 Å². The van der Waals surface area contributed by atoms with Gasteiger partial charge in [0.1, 0.15) is 12.0 Å².